The number of anilines is 3. The summed E-state index contributed by atoms with van der Waals surface area (Å²) in [5.41, 5.74) is 1.39. The van der Waals surface area contributed by atoms with Crippen molar-refractivity contribution in [2.24, 2.45) is 7.05 Å². The van der Waals surface area contributed by atoms with Crippen LogP contribution in [0.2, 0.25) is 0 Å². The third kappa shape index (κ3) is 4.50. The van der Waals surface area contributed by atoms with E-state index in [0.717, 1.165) is 22.1 Å². The van der Waals surface area contributed by atoms with Crippen LogP contribution in [0.1, 0.15) is 6.42 Å². The van der Waals surface area contributed by atoms with Gasteiger partial charge in [-0.05, 0) is 29.8 Å². The Balaban J connectivity index is 1.18. The summed E-state index contributed by atoms with van der Waals surface area (Å²) in [6.45, 7) is 0.724. The second kappa shape index (κ2) is 8.67. The number of nitrogens with one attached hydrogen (secondary N) is 2. The van der Waals surface area contributed by atoms with Gasteiger partial charge >= 0.3 is 12.0 Å². The Hall–Kier alpha value is -4.32. The number of hydrogen-bond acceptors (Lipinski definition) is 8. The zero-order valence-corrected chi connectivity index (χ0v) is 18.2. The molecule has 1 aromatic carbocycles. The predicted molar refractivity (Wildman–Crippen MR) is 122 cm³/mol. The molecule has 3 amide bonds. The number of aromatic nitrogens is 5. The van der Waals surface area contributed by atoms with E-state index in [9.17, 15) is 9.59 Å². The van der Waals surface area contributed by atoms with Crippen LogP contribution in [0.5, 0.6) is 11.8 Å². The number of β-lactam (4-membered cyclic amide) rings is 1. The number of carbonyl (C=O) groups is 2. The lowest BCUT2D eigenvalue weighted by Crippen LogP contribution is -2.43. The Bertz CT molecular complexity index is 1300. The van der Waals surface area contributed by atoms with Crippen LogP contribution in [0.4, 0.5) is 21.4 Å². The number of benzene rings is 1. The molecule has 166 valence electrons. The van der Waals surface area contributed by atoms with Crippen LogP contribution in [0.25, 0.3) is 10.4 Å². The van der Waals surface area contributed by atoms with Crippen molar-refractivity contribution in [2.45, 2.75) is 6.42 Å². The minimum absolute atomic E-state index is 0.106. The van der Waals surface area contributed by atoms with E-state index in [1.807, 2.05) is 12.1 Å². The lowest BCUT2D eigenvalue weighted by Gasteiger charge is -2.27. The number of amides is 3. The molecule has 4 aromatic rings. The van der Waals surface area contributed by atoms with Gasteiger partial charge in [-0.25, -0.2) is 19.7 Å². The Morgan fingerprint density at radius 1 is 1.06 bits per heavy atom. The minimum atomic E-state index is -0.434. The first-order valence-electron chi connectivity index (χ1n) is 9.98. The molecule has 0 aliphatic carbocycles. The molecule has 0 saturated carbocycles. The molecule has 1 aliphatic rings. The number of thiazole rings is 1. The van der Waals surface area contributed by atoms with Gasteiger partial charge in [0.1, 0.15) is 11.6 Å². The van der Waals surface area contributed by atoms with Crippen molar-refractivity contribution in [2.75, 3.05) is 22.1 Å². The summed E-state index contributed by atoms with van der Waals surface area (Å²) in [6.07, 6.45) is 6.84. The third-order valence-electron chi connectivity index (χ3n) is 4.87. The molecule has 3 aromatic heterocycles. The molecular formula is C21H18N8O3S. The standard InChI is InChI=1S/C21H18N8O3S/c1-28-17(6-8-25-28)27-19(31)26-14-10-22-20(23-11-14)32-15-4-2-13(3-5-15)16-12-24-21(33-16)29-9-7-18(29)30/h2-6,8,10-12H,7,9H2,1H3,(H2,26,27,31). The fourth-order valence-electron chi connectivity index (χ4n) is 3.04. The Morgan fingerprint density at radius 3 is 2.48 bits per heavy atom. The number of aryl methyl sites for hydroxylation is 1. The van der Waals surface area contributed by atoms with E-state index in [1.54, 1.807) is 47.2 Å². The number of urea groups is 1. The van der Waals surface area contributed by atoms with Crippen molar-refractivity contribution in [3.05, 3.63) is 55.1 Å². The Kier molecular flexibility index (Phi) is 5.40. The average molecular weight is 462 g/mol. The SMILES string of the molecule is Cn1nccc1NC(=O)Nc1cnc(Oc2ccc(-c3cnc(N4CCC4=O)s3)cc2)nc1. The highest BCUT2D eigenvalue weighted by atomic mass is 32.1. The maximum atomic E-state index is 12.1. The fraction of sp³-hybridized carbons (Fsp3) is 0.143. The molecule has 11 nitrogen and oxygen atoms in total. The van der Waals surface area contributed by atoms with Gasteiger partial charge in [0.05, 0.1) is 29.2 Å². The van der Waals surface area contributed by atoms with Gasteiger partial charge in [0.15, 0.2) is 5.13 Å². The maximum absolute atomic E-state index is 12.1. The van der Waals surface area contributed by atoms with Crippen LogP contribution in [-0.2, 0) is 11.8 Å². The number of hydrogen-bond donors (Lipinski definition) is 2. The largest absolute Gasteiger partial charge is 0.424 e. The minimum Gasteiger partial charge on any atom is -0.424 e. The highest BCUT2D eigenvalue weighted by Crippen LogP contribution is 2.34. The van der Waals surface area contributed by atoms with E-state index < -0.39 is 6.03 Å². The van der Waals surface area contributed by atoms with E-state index in [2.05, 4.69) is 30.7 Å². The van der Waals surface area contributed by atoms with Crippen LogP contribution >= 0.6 is 11.3 Å². The molecule has 1 saturated heterocycles. The van der Waals surface area contributed by atoms with Crippen molar-refractivity contribution in [3.63, 3.8) is 0 Å². The number of carbonyl (C=O) groups excluding carboxylic acids is 2. The second-order valence-electron chi connectivity index (χ2n) is 7.10. The summed E-state index contributed by atoms with van der Waals surface area (Å²) in [5, 5.41) is 10.0. The molecule has 2 N–H and O–H groups in total. The van der Waals surface area contributed by atoms with Crippen molar-refractivity contribution >= 4 is 39.9 Å². The summed E-state index contributed by atoms with van der Waals surface area (Å²) in [7, 11) is 1.72. The highest BCUT2D eigenvalue weighted by Gasteiger charge is 2.27. The van der Waals surface area contributed by atoms with Gasteiger partial charge in [-0.15, -0.1) is 0 Å². The molecule has 0 atom stereocenters. The molecule has 4 heterocycles. The van der Waals surface area contributed by atoms with Crippen molar-refractivity contribution in [1.82, 2.24) is 24.7 Å². The summed E-state index contributed by atoms with van der Waals surface area (Å²) in [4.78, 5) is 38.9. The topological polar surface area (TPSA) is 127 Å². The number of rotatable bonds is 6. The Morgan fingerprint density at radius 2 is 1.85 bits per heavy atom. The monoisotopic (exact) mass is 462 g/mol. The lowest BCUT2D eigenvalue weighted by molar-refractivity contribution is -0.122. The molecule has 1 aliphatic heterocycles. The van der Waals surface area contributed by atoms with Gasteiger partial charge < -0.3 is 10.1 Å². The van der Waals surface area contributed by atoms with Crippen LogP contribution < -0.4 is 20.3 Å². The molecule has 33 heavy (non-hydrogen) atoms. The first kappa shape index (κ1) is 20.6. The molecular weight excluding hydrogens is 444 g/mol. The zero-order chi connectivity index (χ0) is 22.8. The first-order chi connectivity index (χ1) is 16.0. The van der Waals surface area contributed by atoms with Gasteiger partial charge in [-0.3, -0.25) is 19.7 Å². The molecule has 5 rings (SSSR count). The normalized spacial score (nSPS) is 12.9. The smallest absolute Gasteiger partial charge is 0.324 e. The summed E-state index contributed by atoms with van der Waals surface area (Å²) in [5.74, 6) is 1.23. The van der Waals surface area contributed by atoms with Crippen LogP contribution in [0.3, 0.4) is 0 Å². The van der Waals surface area contributed by atoms with Gasteiger partial charge in [0.25, 0.3) is 0 Å². The van der Waals surface area contributed by atoms with Gasteiger partial charge in [-0.1, -0.05) is 11.3 Å². The van der Waals surface area contributed by atoms with E-state index in [1.165, 1.54) is 23.7 Å². The summed E-state index contributed by atoms with van der Waals surface area (Å²) in [6, 6.07) is 8.82. The highest BCUT2D eigenvalue weighted by molar-refractivity contribution is 7.19. The van der Waals surface area contributed by atoms with Crippen LogP contribution in [0.15, 0.2) is 55.1 Å². The second-order valence-corrected chi connectivity index (χ2v) is 8.11. The van der Waals surface area contributed by atoms with Crippen molar-refractivity contribution in [3.8, 4) is 22.2 Å². The predicted octanol–water partition coefficient (Wildman–Crippen LogP) is 3.51. The van der Waals surface area contributed by atoms with E-state index in [0.29, 0.717) is 23.7 Å². The van der Waals surface area contributed by atoms with Crippen molar-refractivity contribution < 1.29 is 14.3 Å². The van der Waals surface area contributed by atoms with E-state index in [-0.39, 0.29) is 11.9 Å². The van der Waals surface area contributed by atoms with Crippen LogP contribution in [-0.4, -0.2) is 43.2 Å². The third-order valence-corrected chi connectivity index (χ3v) is 5.94. The quantitative estimate of drug-likeness (QED) is 0.420. The summed E-state index contributed by atoms with van der Waals surface area (Å²) >= 11 is 1.48. The fourth-order valence-corrected chi connectivity index (χ4v) is 4.01. The molecule has 1 fully saturated rings. The van der Waals surface area contributed by atoms with Gasteiger partial charge in [0.2, 0.25) is 5.91 Å². The van der Waals surface area contributed by atoms with Gasteiger partial charge in [-0.2, -0.15) is 5.10 Å². The average Bonchev–Trinajstić information content (AvgIpc) is 3.44. The van der Waals surface area contributed by atoms with Crippen LogP contribution in [0, 0.1) is 0 Å². The van der Waals surface area contributed by atoms with E-state index in [4.69, 9.17) is 4.74 Å². The molecule has 0 bridgehead atoms. The molecule has 0 unspecified atom stereocenters. The summed E-state index contributed by atoms with van der Waals surface area (Å²) < 4.78 is 7.23. The number of nitrogens with zero attached hydrogens (tertiary/aromatic N) is 6. The first-order valence-corrected chi connectivity index (χ1v) is 10.8. The molecule has 12 heteroatoms. The molecule has 0 spiro atoms. The zero-order valence-electron chi connectivity index (χ0n) is 17.4. The number of ether oxygens (including phenoxy) is 1. The Labute approximate surface area is 192 Å². The van der Waals surface area contributed by atoms with E-state index >= 15 is 0 Å². The van der Waals surface area contributed by atoms with Crippen molar-refractivity contribution in [1.29, 1.82) is 0 Å². The maximum Gasteiger partial charge on any atom is 0.324 e. The molecule has 0 radical (unpaired) electrons. The van der Waals surface area contributed by atoms with Gasteiger partial charge in [0, 0.05) is 32.3 Å². The lowest BCUT2D eigenvalue weighted by atomic mass is 10.2.